The van der Waals surface area contributed by atoms with E-state index >= 15 is 0 Å². The van der Waals surface area contributed by atoms with Crippen molar-refractivity contribution in [3.8, 4) is 5.75 Å². The second-order valence-electron chi connectivity index (χ2n) is 6.46. The number of rotatable bonds is 7. The monoisotopic (exact) mass is 388 g/mol. The average molecular weight is 389 g/mol. The van der Waals surface area contributed by atoms with Crippen LogP contribution in [0.4, 0.5) is 5.69 Å². The summed E-state index contributed by atoms with van der Waals surface area (Å²) in [6.45, 7) is 5.75. The summed E-state index contributed by atoms with van der Waals surface area (Å²) in [5.74, 6) is 0.467. The van der Waals surface area contributed by atoms with Crippen molar-refractivity contribution in [3.05, 3.63) is 59.1 Å². The Morgan fingerprint density at radius 3 is 2.63 bits per heavy atom. The standard InChI is InChI=1S/C21H25ClN2O3/c1-2-20(27-19-5-3-4-17(22)14-19)21(25)23-15-16-6-8-18(9-7-16)24-10-12-26-13-11-24/h3-9,14,20H,2,10-13,15H2,1H3,(H,23,25)/t20-/m1/s1. The van der Waals surface area contributed by atoms with Crippen molar-refractivity contribution in [1.82, 2.24) is 5.32 Å². The number of nitrogens with zero attached hydrogens (tertiary/aromatic N) is 1. The van der Waals surface area contributed by atoms with Gasteiger partial charge in [-0.25, -0.2) is 0 Å². The van der Waals surface area contributed by atoms with E-state index in [1.807, 2.05) is 19.1 Å². The molecule has 0 saturated carbocycles. The summed E-state index contributed by atoms with van der Waals surface area (Å²) in [5, 5.41) is 3.54. The zero-order valence-electron chi connectivity index (χ0n) is 15.5. The lowest BCUT2D eigenvalue weighted by Gasteiger charge is -2.29. The number of nitrogens with one attached hydrogen (secondary N) is 1. The Hall–Kier alpha value is -2.24. The topological polar surface area (TPSA) is 50.8 Å². The smallest absolute Gasteiger partial charge is 0.261 e. The second-order valence-corrected chi connectivity index (χ2v) is 6.89. The maximum atomic E-state index is 12.5. The van der Waals surface area contributed by atoms with E-state index < -0.39 is 6.10 Å². The van der Waals surface area contributed by atoms with E-state index in [-0.39, 0.29) is 5.91 Å². The Bertz CT molecular complexity index is 745. The molecule has 0 radical (unpaired) electrons. The first kappa shape index (κ1) is 19.5. The summed E-state index contributed by atoms with van der Waals surface area (Å²) in [5.41, 5.74) is 2.24. The molecule has 0 aliphatic carbocycles. The van der Waals surface area contributed by atoms with E-state index in [1.54, 1.807) is 24.3 Å². The van der Waals surface area contributed by atoms with Gasteiger partial charge >= 0.3 is 0 Å². The number of hydrogen-bond acceptors (Lipinski definition) is 4. The summed E-state index contributed by atoms with van der Waals surface area (Å²) in [4.78, 5) is 14.8. The van der Waals surface area contributed by atoms with Crippen LogP contribution in [0.1, 0.15) is 18.9 Å². The molecule has 0 bridgehead atoms. The predicted molar refractivity (Wildman–Crippen MR) is 107 cm³/mol. The van der Waals surface area contributed by atoms with Gasteiger partial charge in [-0.05, 0) is 42.3 Å². The van der Waals surface area contributed by atoms with Crippen molar-refractivity contribution >= 4 is 23.2 Å². The van der Waals surface area contributed by atoms with Gasteiger partial charge in [0.05, 0.1) is 13.2 Å². The number of hydrogen-bond donors (Lipinski definition) is 1. The van der Waals surface area contributed by atoms with Gasteiger partial charge in [-0.3, -0.25) is 4.79 Å². The average Bonchev–Trinajstić information content (AvgIpc) is 2.71. The summed E-state index contributed by atoms with van der Waals surface area (Å²) in [6.07, 6.45) is 0.0324. The van der Waals surface area contributed by atoms with Crippen LogP contribution in [-0.2, 0) is 16.1 Å². The molecule has 0 spiro atoms. The summed E-state index contributed by atoms with van der Waals surface area (Å²) >= 11 is 5.97. The maximum Gasteiger partial charge on any atom is 0.261 e. The highest BCUT2D eigenvalue weighted by atomic mass is 35.5. The Kier molecular flexibility index (Phi) is 6.96. The van der Waals surface area contributed by atoms with Crippen molar-refractivity contribution in [2.75, 3.05) is 31.2 Å². The Balaban J connectivity index is 1.52. The maximum absolute atomic E-state index is 12.5. The molecule has 1 amide bonds. The molecule has 2 aromatic carbocycles. The van der Waals surface area contributed by atoms with Crippen molar-refractivity contribution in [2.45, 2.75) is 26.0 Å². The lowest BCUT2D eigenvalue weighted by molar-refractivity contribution is -0.128. The predicted octanol–water partition coefficient (Wildman–Crippen LogP) is 3.65. The number of benzene rings is 2. The van der Waals surface area contributed by atoms with Crippen LogP contribution < -0.4 is 15.0 Å². The van der Waals surface area contributed by atoms with E-state index in [4.69, 9.17) is 21.1 Å². The molecule has 2 aromatic rings. The number of carbonyl (C=O) groups excluding carboxylic acids is 1. The molecule has 1 fully saturated rings. The number of carbonyl (C=O) groups is 1. The van der Waals surface area contributed by atoms with Gasteiger partial charge in [0.2, 0.25) is 0 Å². The molecule has 0 aromatic heterocycles. The van der Waals surface area contributed by atoms with Gasteiger partial charge in [0.15, 0.2) is 6.10 Å². The molecule has 0 unspecified atom stereocenters. The number of halogens is 1. The van der Waals surface area contributed by atoms with E-state index in [2.05, 4.69) is 22.3 Å². The molecular formula is C21H25ClN2O3. The van der Waals surface area contributed by atoms with Gasteiger partial charge < -0.3 is 19.7 Å². The minimum absolute atomic E-state index is 0.130. The number of amides is 1. The lowest BCUT2D eigenvalue weighted by atomic mass is 10.1. The van der Waals surface area contributed by atoms with Crippen LogP contribution in [-0.4, -0.2) is 38.3 Å². The lowest BCUT2D eigenvalue weighted by Crippen LogP contribution is -2.37. The molecule has 5 nitrogen and oxygen atoms in total. The first-order valence-electron chi connectivity index (χ1n) is 9.27. The Labute approximate surface area is 165 Å². The third kappa shape index (κ3) is 5.62. The van der Waals surface area contributed by atoms with Crippen LogP contribution in [0, 0.1) is 0 Å². The number of morpholine rings is 1. The molecule has 1 heterocycles. The summed E-state index contributed by atoms with van der Waals surface area (Å²) < 4.78 is 11.2. The zero-order valence-corrected chi connectivity index (χ0v) is 16.2. The highest BCUT2D eigenvalue weighted by Crippen LogP contribution is 2.20. The van der Waals surface area contributed by atoms with Crippen LogP contribution in [0.15, 0.2) is 48.5 Å². The fourth-order valence-electron chi connectivity index (χ4n) is 2.98. The van der Waals surface area contributed by atoms with Crippen molar-refractivity contribution in [2.24, 2.45) is 0 Å². The van der Waals surface area contributed by atoms with E-state index in [0.717, 1.165) is 31.9 Å². The first-order valence-corrected chi connectivity index (χ1v) is 9.65. The van der Waals surface area contributed by atoms with Crippen LogP contribution >= 0.6 is 11.6 Å². The molecule has 1 saturated heterocycles. The third-order valence-corrected chi connectivity index (χ3v) is 4.75. The number of ether oxygens (including phenoxy) is 2. The Morgan fingerprint density at radius 2 is 1.96 bits per heavy atom. The summed E-state index contributed by atoms with van der Waals surface area (Å²) in [7, 11) is 0. The first-order chi connectivity index (χ1) is 13.2. The quantitative estimate of drug-likeness (QED) is 0.786. The normalized spacial score (nSPS) is 15.3. The highest BCUT2D eigenvalue weighted by Gasteiger charge is 2.18. The third-order valence-electron chi connectivity index (χ3n) is 4.52. The second kappa shape index (κ2) is 9.62. The van der Waals surface area contributed by atoms with Crippen molar-refractivity contribution < 1.29 is 14.3 Å². The van der Waals surface area contributed by atoms with E-state index in [9.17, 15) is 4.79 Å². The molecular weight excluding hydrogens is 364 g/mol. The fraction of sp³-hybridized carbons (Fsp3) is 0.381. The van der Waals surface area contributed by atoms with E-state index in [0.29, 0.717) is 23.7 Å². The molecule has 144 valence electrons. The molecule has 3 rings (SSSR count). The van der Waals surface area contributed by atoms with Crippen molar-refractivity contribution in [1.29, 1.82) is 0 Å². The van der Waals surface area contributed by atoms with E-state index in [1.165, 1.54) is 5.69 Å². The zero-order chi connectivity index (χ0) is 19.1. The van der Waals surface area contributed by atoms with Gasteiger partial charge in [0.1, 0.15) is 5.75 Å². The highest BCUT2D eigenvalue weighted by molar-refractivity contribution is 6.30. The van der Waals surface area contributed by atoms with Crippen molar-refractivity contribution in [3.63, 3.8) is 0 Å². The molecule has 1 N–H and O–H groups in total. The molecule has 1 atom stereocenters. The number of anilines is 1. The van der Waals surface area contributed by atoms with Gasteiger partial charge in [0, 0.05) is 30.3 Å². The van der Waals surface area contributed by atoms with Gasteiger partial charge in [-0.2, -0.15) is 0 Å². The van der Waals surface area contributed by atoms with Crippen LogP contribution in [0.25, 0.3) is 0 Å². The Morgan fingerprint density at radius 1 is 1.22 bits per heavy atom. The molecule has 27 heavy (non-hydrogen) atoms. The van der Waals surface area contributed by atoms with Crippen LogP contribution in [0.2, 0.25) is 5.02 Å². The SMILES string of the molecule is CC[C@@H](Oc1cccc(Cl)c1)C(=O)NCc1ccc(N2CCOCC2)cc1. The van der Waals surface area contributed by atoms with Crippen LogP contribution in [0.3, 0.4) is 0 Å². The van der Waals surface area contributed by atoms with Crippen LogP contribution in [0.5, 0.6) is 5.75 Å². The van der Waals surface area contributed by atoms with Gasteiger partial charge in [-0.15, -0.1) is 0 Å². The van der Waals surface area contributed by atoms with Gasteiger partial charge in [0.25, 0.3) is 5.91 Å². The van der Waals surface area contributed by atoms with Gasteiger partial charge in [-0.1, -0.05) is 36.7 Å². The molecule has 1 aliphatic rings. The minimum atomic E-state index is -0.545. The largest absolute Gasteiger partial charge is 0.481 e. The molecule has 1 aliphatic heterocycles. The molecule has 6 heteroatoms. The summed E-state index contributed by atoms with van der Waals surface area (Å²) in [6, 6.07) is 15.4. The fourth-order valence-corrected chi connectivity index (χ4v) is 3.16. The minimum Gasteiger partial charge on any atom is -0.481 e.